The Morgan fingerprint density at radius 1 is 1.33 bits per heavy atom. The third kappa shape index (κ3) is 2.64. The van der Waals surface area contributed by atoms with Crippen LogP contribution in [0.4, 0.5) is 13.2 Å². The minimum absolute atomic E-state index is 0.141. The Hall–Kier alpha value is -1.56. The average molecular weight is 258 g/mol. The van der Waals surface area contributed by atoms with E-state index >= 15 is 0 Å². The summed E-state index contributed by atoms with van der Waals surface area (Å²) in [5.41, 5.74) is 4.84. The summed E-state index contributed by atoms with van der Waals surface area (Å²) in [5.74, 6) is 0.430. The SMILES string of the molecule is NCCC1=NC(c2ccccc2C(F)(F)F)CO1. The van der Waals surface area contributed by atoms with Crippen molar-refractivity contribution in [1.82, 2.24) is 0 Å². The maximum Gasteiger partial charge on any atom is 0.416 e. The highest BCUT2D eigenvalue weighted by molar-refractivity contribution is 5.78. The highest BCUT2D eigenvalue weighted by Crippen LogP contribution is 2.36. The van der Waals surface area contributed by atoms with Gasteiger partial charge >= 0.3 is 6.18 Å². The molecule has 1 aromatic carbocycles. The second-order valence-electron chi connectivity index (χ2n) is 3.97. The molecule has 0 bridgehead atoms. The summed E-state index contributed by atoms with van der Waals surface area (Å²) < 4.78 is 43.7. The van der Waals surface area contributed by atoms with E-state index in [4.69, 9.17) is 10.5 Å². The molecular formula is C12H13F3N2O. The van der Waals surface area contributed by atoms with Crippen LogP contribution < -0.4 is 5.73 Å². The van der Waals surface area contributed by atoms with Gasteiger partial charge in [0.15, 0.2) is 5.90 Å². The second-order valence-corrected chi connectivity index (χ2v) is 3.97. The van der Waals surface area contributed by atoms with Gasteiger partial charge < -0.3 is 10.5 Å². The van der Waals surface area contributed by atoms with Crippen molar-refractivity contribution in [2.24, 2.45) is 10.7 Å². The Balaban J connectivity index is 2.30. The topological polar surface area (TPSA) is 47.6 Å². The third-order valence-corrected chi connectivity index (χ3v) is 2.69. The fourth-order valence-electron chi connectivity index (χ4n) is 1.89. The van der Waals surface area contributed by atoms with E-state index in [1.807, 2.05) is 0 Å². The molecule has 2 rings (SSSR count). The predicted molar refractivity (Wildman–Crippen MR) is 61.2 cm³/mol. The van der Waals surface area contributed by atoms with E-state index in [0.717, 1.165) is 6.07 Å². The zero-order chi connectivity index (χ0) is 13.2. The van der Waals surface area contributed by atoms with Gasteiger partial charge in [0, 0.05) is 13.0 Å². The predicted octanol–water partition coefficient (Wildman–Crippen LogP) is 2.52. The molecule has 1 unspecified atom stereocenters. The summed E-state index contributed by atoms with van der Waals surface area (Å²) in [4.78, 5) is 4.14. The molecular weight excluding hydrogens is 245 g/mol. The molecule has 98 valence electrons. The first kappa shape index (κ1) is 12.9. The summed E-state index contributed by atoms with van der Waals surface area (Å²) in [6.07, 6.45) is -3.92. The zero-order valence-corrected chi connectivity index (χ0v) is 9.57. The van der Waals surface area contributed by atoms with Crippen molar-refractivity contribution < 1.29 is 17.9 Å². The highest BCUT2D eigenvalue weighted by atomic mass is 19.4. The van der Waals surface area contributed by atoms with E-state index in [1.165, 1.54) is 12.1 Å². The summed E-state index contributed by atoms with van der Waals surface area (Å²) in [6.45, 7) is 0.509. The van der Waals surface area contributed by atoms with Gasteiger partial charge in [-0.15, -0.1) is 0 Å². The first-order chi connectivity index (χ1) is 8.52. The van der Waals surface area contributed by atoms with E-state index in [1.54, 1.807) is 6.07 Å². The van der Waals surface area contributed by atoms with E-state index in [-0.39, 0.29) is 12.2 Å². The molecule has 0 amide bonds. The van der Waals surface area contributed by atoms with E-state index in [9.17, 15) is 13.2 Å². The number of benzene rings is 1. The van der Waals surface area contributed by atoms with E-state index in [2.05, 4.69) is 4.99 Å². The van der Waals surface area contributed by atoms with Gasteiger partial charge in [0.05, 0.1) is 5.56 Å². The van der Waals surface area contributed by atoms with Crippen molar-refractivity contribution in [1.29, 1.82) is 0 Å². The lowest BCUT2D eigenvalue weighted by Gasteiger charge is -2.14. The third-order valence-electron chi connectivity index (χ3n) is 2.69. The number of nitrogens with zero attached hydrogens (tertiary/aromatic N) is 1. The lowest BCUT2D eigenvalue weighted by atomic mass is 10.0. The normalized spacial score (nSPS) is 19.6. The van der Waals surface area contributed by atoms with Gasteiger partial charge in [-0.1, -0.05) is 18.2 Å². The molecule has 1 heterocycles. The van der Waals surface area contributed by atoms with Crippen LogP contribution in [-0.2, 0) is 10.9 Å². The molecule has 0 aromatic heterocycles. The fraction of sp³-hybridized carbons (Fsp3) is 0.417. The molecule has 1 atom stereocenters. The van der Waals surface area contributed by atoms with Gasteiger partial charge in [-0.3, -0.25) is 0 Å². The van der Waals surface area contributed by atoms with E-state index < -0.39 is 17.8 Å². The number of hydrogen-bond donors (Lipinski definition) is 1. The second kappa shape index (κ2) is 4.97. The van der Waals surface area contributed by atoms with Crippen molar-refractivity contribution in [3.63, 3.8) is 0 Å². The smallest absolute Gasteiger partial charge is 0.416 e. The van der Waals surface area contributed by atoms with Crippen molar-refractivity contribution in [3.05, 3.63) is 35.4 Å². The Bertz CT molecular complexity index is 457. The minimum Gasteiger partial charge on any atom is -0.478 e. The molecule has 0 fully saturated rings. The average Bonchev–Trinajstić information content (AvgIpc) is 2.77. The first-order valence-electron chi connectivity index (χ1n) is 5.58. The molecule has 0 saturated carbocycles. The van der Waals surface area contributed by atoms with Gasteiger partial charge in [0.25, 0.3) is 0 Å². The summed E-state index contributed by atoms with van der Waals surface area (Å²) >= 11 is 0. The largest absolute Gasteiger partial charge is 0.478 e. The van der Waals surface area contributed by atoms with Crippen molar-refractivity contribution in [2.45, 2.75) is 18.6 Å². The van der Waals surface area contributed by atoms with Crippen LogP contribution in [-0.4, -0.2) is 19.0 Å². The van der Waals surface area contributed by atoms with Crippen LogP contribution in [0.15, 0.2) is 29.3 Å². The molecule has 0 aliphatic carbocycles. The van der Waals surface area contributed by atoms with Crippen molar-refractivity contribution in [2.75, 3.05) is 13.2 Å². The number of halogens is 3. The molecule has 1 aromatic rings. The fourth-order valence-corrected chi connectivity index (χ4v) is 1.89. The number of alkyl halides is 3. The van der Waals surface area contributed by atoms with Crippen molar-refractivity contribution >= 4 is 5.90 Å². The summed E-state index contributed by atoms with van der Waals surface area (Å²) in [5, 5.41) is 0. The van der Waals surface area contributed by atoms with Gasteiger partial charge in [-0.05, 0) is 11.6 Å². The highest BCUT2D eigenvalue weighted by Gasteiger charge is 2.36. The van der Waals surface area contributed by atoms with E-state index in [0.29, 0.717) is 18.9 Å². The number of aliphatic imine (C=N–C) groups is 1. The molecule has 1 aliphatic rings. The Kier molecular flexibility index (Phi) is 3.56. The number of ether oxygens (including phenoxy) is 1. The van der Waals surface area contributed by atoms with Crippen LogP contribution in [0.3, 0.4) is 0 Å². The number of hydrogen-bond acceptors (Lipinski definition) is 3. The number of nitrogens with two attached hydrogens (primary N) is 1. The molecule has 2 N–H and O–H groups in total. The maximum atomic E-state index is 12.8. The molecule has 18 heavy (non-hydrogen) atoms. The first-order valence-corrected chi connectivity index (χ1v) is 5.58. The zero-order valence-electron chi connectivity index (χ0n) is 9.57. The molecule has 0 saturated heterocycles. The lowest BCUT2D eigenvalue weighted by Crippen LogP contribution is -2.11. The summed E-state index contributed by atoms with van der Waals surface area (Å²) in [6, 6.07) is 4.84. The molecule has 3 nitrogen and oxygen atoms in total. The monoisotopic (exact) mass is 258 g/mol. The Morgan fingerprint density at radius 2 is 2.06 bits per heavy atom. The van der Waals surface area contributed by atoms with Gasteiger partial charge in [-0.25, -0.2) is 4.99 Å². The van der Waals surface area contributed by atoms with Crippen LogP contribution in [0.2, 0.25) is 0 Å². The minimum atomic E-state index is -4.37. The van der Waals surface area contributed by atoms with Crippen LogP contribution in [0, 0.1) is 0 Å². The molecule has 6 heteroatoms. The Labute approximate surface area is 102 Å². The van der Waals surface area contributed by atoms with Crippen LogP contribution in [0.5, 0.6) is 0 Å². The van der Waals surface area contributed by atoms with Gasteiger partial charge in [0.1, 0.15) is 12.6 Å². The van der Waals surface area contributed by atoms with Gasteiger partial charge in [0.2, 0.25) is 0 Å². The maximum absolute atomic E-state index is 12.8. The quantitative estimate of drug-likeness (QED) is 0.905. The number of rotatable bonds is 3. The molecule has 0 radical (unpaired) electrons. The van der Waals surface area contributed by atoms with Gasteiger partial charge in [-0.2, -0.15) is 13.2 Å². The molecule has 1 aliphatic heterocycles. The molecule has 0 spiro atoms. The van der Waals surface area contributed by atoms with Crippen LogP contribution in [0.25, 0.3) is 0 Å². The van der Waals surface area contributed by atoms with Crippen LogP contribution >= 0.6 is 0 Å². The standard InChI is InChI=1S/C12H13F3N2O/c13-12(14,15)9-4-2-1-3-8(9)10-7-18-11(17-10)5-6-16/h1-4,10H,5-7,16H2. The summed E-state index contributed by atoms with van der Waals surface area (Å²) in [7, 11) is 0. The van der Waals surface area contributed by atoms with Crippen molar-refractivity contribution in [3.8, 4) is 0 Å². The Morgan fingerprint density at radius 3 is 2.72 bits per heavy atom. The van der Waals surface area contributed by atoms with Crippen LogP contribution in [0.1, 0.15) is 23.6 Å². The lowest BCUT2D eigenvalue weighted by molar-refractivity contribution is -0.138.